The minimum absolute atomic E-state index is 0.0362. The number of hydrogen-bond acceptors (Lipinski definition) is 5. The Morgan fingerprint density at radius 3 is 3.00 bits per heavy atom. The highest BCUT2D eigenvalue weighted by Gasteiger charge is 2.06. The van der Waals surface area contributed by atoms with Crippen LogP contribution in [-0.4, -0.2) is 15.0 Å². The fourth-order valence-electron chi connectivity index (χ4n) is 0.840. The minimum atomic E-state index is -0.215. The van der Waals surface area contributed by atoms with Crippen molar-refractivity contribution in [1.82, 2.24) is 15.0 Å². The lowest BCUT2D eigenvalue weighted by Gasteiger charge is -1.92. The minimum Gasteiger partial charge on any atom is -0.382 e. The number of nitrogens with one attached hydrogen (secondary N) is 1. The van der Waals surface area contributed by atoms with E-state index >= 15 is 0 Å². The summed E-state index contributed by atoms with van der Waals surface area (Å²) in [5.41, 5.74) is 5.88. The summed E-state index contributed by atoms with van der Waals surface area (Å²) < 4.78 is 0.546. The third kappa shape index (κ3) is 1.05. The van der Waals surface area contributed by atoms with Crippen LogP contribution in [0.3, 0.4) is 0 Å². The summed E-state index contributed by atoms with van der Waals surface area (Å²) in [6.07, 6.45) is 0. The first kappa shape index (κ1) is 7.51. The predicted octanol–water partition coefficient (Wildman–Crippen LogP) is 0.615. The average Bonchev–Trinajstić information content (AvgIpc) is 2.29. The standard InChI is InChI=1S/C5H3ClN4OS/c6-4-8-2(7)1-3(9-4)10-5(11)12-1/h(H3,7,8,9,10,11). The Balaban J connectivity index is 2.97. The van der Waals surface area contributed by atoms with E-state index in [0.29, 0.717) is 10.3 Å². The van der Waals surface area contributed by atoms with E-state index < -0.39 is 0 Å². The quantitative estimate of drug-likeness (QED) is 0.614. The first-order valence-electron chi connectivity index (χ1n) is 2.98. The highest BCUT2D eigenvalue weighted by molar-refractivity contribution is 7.16. The molecule has 2 heterocycles. The molecular formula is C5H3ClN4OS. The Labute approximate surface area is 75.2 Å². The lowest BCUT2D eigenvalue weighted by Crippen LogP contribution is -1.93. The van der Waals surface area contributed by atoms with E-state index in [9.17, 15) is 4.79 Å². The van der Waals surface area contributed by atoms with Crippen LogP contribution in [0.4, 0.5) is 5.82 Å². The predicted molar refractivity (Wildman–Crippen MR) is 47.5 cm³/mol. The van der Waals surface area contributed by atoms with Crippen molar-refractivity contribution < 1.29 is 0 Å². The zero-order valence-corrected chi connectivity index (χ0v) is 7.24. The van der Waals surface area contributed by atoms with Gasteiger partial charge in [0.1, 0.15) is 10.5 Å². The van der Waals surface area contributed by atoms with Crippen molar-refractivity contribution in [3.05, 3.63) is 15.0 Å². The van der Waals surface area contributed by atoms with Crippen LogP contribution < -0.4 is 10.6 Å². The molecule has 0 bridgehead atoms. The summed E-state index contributed by atoms with van der Waals surface area (Å²) in [5, 5.41) is 0.0362. The van der Waals surface area contributed by atoms with Crippen molar-refractivity contribution in [2.45, 2.75) is 0 Å². The Morgan fingerprint density at radius 2 is 2.25 bits per heavy atom. The first-order chi connectivity index (χ1) is 5.66. The van der Waals surface area contributed by atoms with Crippen LogP contribution in [0, 0.1) is 0 Å². The van der Waals surface area contributed by atoms with Crippen molar-refractivity contribution in [2.75, 3.05) is 5.73 Å². The molecule has 2 aromatic heterocycles. The number of aromatic amines is 1. The molecule has 0 saturated heterocycles. The smallest absolute Gasteiger partial charge is 0.306 e. The molecule has 62 valence electrons. The van der Waals surface area contributed by atoms with Crippen LogP contribution in [0.2, 0.25) is 5.28 Å². The van der Waals surface area contributed by atoms with Gasteiger partial charge in [-0.2, -0.15) is 9.97 Å². The van der Waals surface area contributed by atoms with Gasteiger partial charge in [-0.1, -0.05) is 11.3 Å². The van der Waals surface area contributed by atoms with Crippen molar-refractivity contribution in [3.8, 4) is 0 Å². The maximum atomic E-state index is 10.8. The highest BCUT2D eigenvalue weighted by atomic mass is 35.5. The van der Waals surface area contributed by atoms with E-state index in [1.165, 1.54) is 0 Å². The second kappa shape index (κ2) is 2.43. The van der Waals surface area contributed by atoms with E-state index in [-0.39, 0.29) is 16.0 Å². The second-order valence-electron chi connectivity index (χ2n) is 2.07. The zero-order chi connectivity index (χ0) is 8.72. The number of rotatable bonds is 0. The summed E-state index contributed by atoms with van der Waals surface area (Å²) in [6, 6.07) is 0. The van der Waals surface area contributed by atoms with Crippen LogP contribution in [0.5, 0.6) is 0 Å². The molecule has 7 heteroatoms. The second-order valence-corrected chi connectivity index (χ2v) is 3.39. The van der Waals surface area contributed by atoms with Gasteiger partial charge in [-0.15, -0.1) is 0 Å². The van der Waals surface area contributed by atoms with Gasteiger partial charge < -0.3 is 5.73 Å². The molecule has 0 spiro atoms. The lowest BCUT2D eigenvalue weighted by molar-refractivity contribution is 1.20. The molecule has 5 nitrogen and oxygen atoms in total. The molecule has 0 aromatic carbocycles. The molecule has 0 saturated carbocycles. The Morgan fingerprint density at radius 1 is 1.50 bits per heavy atom. The van der Waals surface area contributed by atoms with E-state index in [1.54, 1.807) is 0 Å². The molecule has 2 aromatic rings. The Kier molecular flexibility index (Phi) is 1.52. The molecule has 0 atom stereocenters. The molecule has 3 N–H and O–H groups in total. The number of anilines is 1. The number of nitrogens with two attached hydrogens (primary N) is 1. The topological polar surface area (TPSA) is 84.7 Å². The molecule has 0 aliphatic carbocycles. The van der Waals surface area contributed by atoms with E-state index in [4.69, 9.17) is 17.3 Å². The SMILES string of the molecule is Nc1nc(Cl)nc2[nH]c(=O)sc12. The molecule has 0 fully saturated rings. The van der Waals surface area contributed by atoms with Crippen LogP contribution in [0.1, 0.15) is 0 Å². The van der Waals surface area contributed by atoms with Crippen LogP contribution in [0.15, 0.2) is 4.79 Å². The fraction of sp³-hybridized carbons (Fsp3) is 0. The summed E-state index contributed by atoms with van der Waals surface area (Å²) in [5.74, 6) is 0.230. The largest absolute Gasteiger partial charge is 0.382 e. The monoisotopic (exact) mass is 202 g/mol. The zero-order valence-electron chi connectivity index (χ0n) is 5.67. The molecule has 12 heavy (non-hydrogen) atoms. The maximum Gasteiger partial charge on any atom is 0.306 e. The normalized spacial score (nSPS) is 10.8. The Bertz CT molecular complexity index is 490. The van der Waals surface area contributed by atoms with Gasteiger partial charge in [-0.3, -0.25) is 9.78 Å². The third-order valence-corrected chi connectivity index (χ3v) is 2.34. The summed E-state index contributed by atoms with van der Waals surface area (Å²) in [7, 11) is 0. The Hall–Kier alpha value is -1.14. The van der Waals surface area contributed by atoms with Gasteiger partial charge >= 0.3 is 4.87 Å². The molecule has 0 unspecified atom stereocenters. The number of hydrogen-bond donors (Lipinski definition) is 2. The average molecular weight is 203 g/mol. The van der Waals surface area contributed by atoms with Gasteiger partial charge in [-0.05, 0) is 11.6 Å². The molecule has 0 aliphatic rings. The van der Waals surface area contributed by atoms with Crippen molar-refractivity contribution in [1.29, 1.82) is 0 Å². The van der Waals surface area contributed by atoms with Gasteiger partial charge in [-0.25, -0.2) is 0 Å². The van der Waals surface area contributed by atoms with Crippen LogP contribution in [0.25, 0.3) is 10.3 Å². The summed E-state index contributed by atoms with van der Waals surface area (Å²) >= 11 is 6.48. The van der Waals surface area contributed by atoms with E-state index in [2.05, 4.69) is 15.0 Å². The van der Waals surface area contributed by atoms with Gasteiger partial charge in [0.2, 0.25) is 5.28 Å². The fourth-order valence-corrected chi connectivity index (χ4v) is 1.69. The molecule has 0 amide bonds. The summed E-state index contributed by atoms with van der Waals surface area (Å²) in [4.78, 5) is 20.6. The number of fused-ring (bicyclic) bond motifs is 1. The number of aromatic nitrogens is 3. The molecule has 0 aliphatic heterocycles. The highest BCUT2D eigenvalue weighted by Crippen LogP contribution is 2.19. The molecular weight excluding hydrogens is 200 g/mol. The van der Waals surface area contributed by atoms with Gasteiger partial charge in [0, 0.05) is 0 Å². The van der Waals surface area contributed by atoms with Gasteiger partial charge in [0.05, 0.1) is 0 Å². The number of nitrogens with zero attached hydrogens (tertiary/aromatic N) is 2. The maximum absolute atomic E-state index is 10.8. The van der Waals surface area contributed by atoms with Crippen LogP contribution in [-0.2, 0) is 0 Å². The van der Waals surface area contributed by atoms with Crippen molar-refractivity contribution in [2.24, 2.45) is 0 Å². The third-order valence-electron chi connectivity index (χ3n) is 1.28. The van der Waals surface area contributed by atoms with Gasteiger partial charge in [0.25, 0.3) is 0 Å². The molecule has 2 rings (SSSR count). The number of H-pyrrole nitrogens is 1. The van der Waals surface area contributed by atoms with Crippen LogP contribution >= 0.6 is 22.9 Å². The number of thiazole rings is 1. The van der Waals surface area contributed by atoms with E-state index in [1.807, 2.05) is 0 Å². The number of halogens is 1. The van der Waals surface area contributed by atoms with Crippen molar-refractivity contribution in [3.63, 3.8) is 0 Å². The van der Waals surface area contributed by atoms with E-state index in [0.717, 1.165) is 11.3 Å². The molecule has 0 radical (unpaired) electrons. The summed E-state index contributed by atoms with van der Waals surface area (Å²) in [6.45, 7) is 0. The number of nitrogen functional groups attached to an aromatic ring is 1. The first-order valence-corrected chi connectivity index (χ1v) is 4.18. The lowest BCUT2D eigenvalue weighted by atomic mass is 10.6. The van der Waals surface area contributed by atoms with Gasteiger partial charge in [0.15, 0.2) is 5.65 Å². The van der Waals surface area contributed by atoms with Crippen molar-refractivity contribution >= 4 is 39.1 Å².